The number of aryl methyl sites for hydroxylation is 1. The first-order chi connectivity index (χ1) is 12.0. The van der Waals surface area contributed by atoms with Gasteiger partial charge < -0.3 is 10.7 Å². The lowest BCUT2D eigenvalue weighted by Gasteiger charge is -2.16. The molecular formula is C18H18N6O. The van der Waals surface area contributed by atoms with E-state index in [4.69, 9.17) is 5.73 Å². The molecule has 4 rings (SSSR count). The lowest BCUT2D eigenvalue weighted by Crippen LogP contribution is -2.25. The molecule has 25 heavy (non-hydrogen) atoms. The SMILES string of the molecule is Cc1nc(N)nc2c1cc(-c1cnc3[nH]ccc3c1)c(=O)n2C(C)C. The van der Waals surface area contributed by atoms with Crippen molar-refractivity contribution in [2.75, 3.05) is 5.73 Å². The molecule has 0 aliphatic carbocycles. The standard InChI is InChI=1S/C18H18N6O/c1-9(2)24-16-13(10(3)22-18(19)23-16)7-14(17(24)25)12-6-11-4-5-20-15(11)21-8-12/h4-9H,1-3H3,(H,20,21)(H2,19,22,23). The third-order valence-corrected chi connectivity index (χ3v) is 4.33. The Kier molecular flexibility index (Phi) is 3.31. The fraction of sp³-hybridized carbons (Fsp3) is 0.222. The number of anilines is 1. The van der Waals surface area contributed by atoms with Crippen LogP contribution in [-0.4, -0.2) is 24.5 Å². The van der Waals surface area contributed by atoms with Gasteiger partial charge in [0.05, 0.1) is 5.69 Å². The van der Waals surface area contributed by atoms with Crippen molar-refractivity contribution in [3.05, 3.63) is 46.6 Å². The molecule has 0 aliphatic rings. The molecular weight excluding hydrogens is 316 g/mol. The summed E-state index contributed by atoms with van der Waals surface area (Å²) in [4.78, 5) is 29.1. The molecule has 0 aromatic carbocycles. The smallest absolute Gasteiger partial charge is 0.260 e. The van der Waals surface area contributed by atoms with E-state index < -0.39 is 0 Å². The van der Waals surface area contributed by atoms with Gasteiger partial charge in [-0.15, -0.1) is 0 Å². The molecule has 4 aromatic rings. The zero-order valence-electron chi connectivity index (χ0n) is 14.2. The number of nitrogens with zero attached hydrogens (tertiary/aromatic N) is 4. The van der Waals surface area contributed by atoms with Gasteiger partial charge in [0.2, 0.25) is 5.95 Å². The Labute approximate surface area is 143 Å². The number of aromatic nitrogens is 5. The van der Waals surface area contributed by atoms with Crippen LogP contribution in [0, 0.1) is 6.92 Å². The molecule has 0 saturated heterocycles. The van der Waals surface area contributed by atoms with Crippen molar-refractivity contribution in [1.29, 1.82) is 0 Å². The molecule has 3 N–H and O–H groups in total. The zero-order chi connectivity index (χ0) is 17.7. The number of rotatable bonds is 2. The Morgan fingerprint density at radius 1 is 1.24 bits per heavy atom. The van der Waals surface area contributed by atoms with Crippen LogP contribution < -0.4 is 11.3 Å². The van der Waals surface area contributed by atoms with Crippen molar-refractivity contribution < 1.29 is 0 Å². The van der Waals surface area contributed by atoms with Crippen molar-refractivity contribution in [3.63, 3.8) is 0 Å². The maximum atomic E-state index is 13.1. The van der Waals surface area contributed by atoms with E-state index in [1.165, 1.54) is 0 Å². The van der Waals surface area contributed by atoms with Crippen LogP contribution in [0.1, 0.15) is 25.6 Å². The van der Waals surface area contributed by atoms with Gasteiger partial charge >= 0.3 is 0 Å². The van der Waals surface area contributed by atoms with Gasteiger partial charge in [-0.05, 0) is 39.0 Å². The Morgan fingerprint density at radius 3 is 2.80 bits per heavy atom. The normalized spacial score (nSPS) is 11.7. The third-order valence-electron chi connectivity index (χ3n) is 4.33. The molecule has 4 aromatic heterocycles. The number of nitrogens with one attached hydrogen (secondary N) is 1. The van der Waals surface area contributed by atoms with E-state index >= 15 is 0 Å². The Hall–Kier alpha value is -3.22. The molecule has 0 aliphatic heterocycles. The van der Waals surface area contributed by atoms with Crippen molar-refractivity contribution in [2.24, 2.45) is 0 Å². The van der Waals surface area contributed by atoms with Crippen LogP contribution in [0.2, 0.25) is 0 Å². The van der Waals surface area contributed by atoms with Crippen LogP contribution >= 0.6 is 0 Å². The minimum Gasteiger partial charge on any atom is -0.368 e. The summed E-state index contributed by atoms with van der Waals surface area (Å²) in [6, 6.07) is 5.66. The maximum absolute atomic E-state index is 13.1. The molecule has 126 valence electrons. The van der Waals surface area contributed by atoms with Crippen LogP contribution in [0.3, 0.4) is 0 Å². The third kappa shape index (κ3) is 2.36. The molecule has 0 atom stereocenters. The summed E-state index contributed by atoms with van der Waals surface area (Å²) in [6.07, 6.45) is 3.54. The Bertz CT molecular complexity index is 1170. The van der Waals surface area contributed by atoms with Gasteiger partial charge in [-0.25, -0.2) is 9.97 Å². The Balaban J connectivity index is 2.10. The monoisotopic (exact) mass is 334 g/mol. The van der Waals surface area contributed by atoms with Gasteiger partial charge in [0.1, 0.15) is 11.3 Å². The lowest BCUT2D eigenvalue weighted by molar-refractivity contribution is 0.596. The van der Waals surface area contributed by atoms with Crippen LogP contribution in [0.25, 0.3) is 33.2 Å². The molecule has 0 amide bonds. The van der Waals surface area contributed by atoms with Crippen molar-refractivity contribution in [2.45, 2.75) is 26.8 Å². The number of hydrogen-bond donors (Lipinski definition) is 2. The number of fused-ring (bicyclic) bond motifs is 2. The van der Waals surface area contributed by atoms with Crippen molar-refractivity contribution in [1.82, 2.24) is 24.5 Å². The van der Waals surface area contributed by atoms with Crippen LogP contribution in [-0.2, 0) is 0 Å². The van der Waals surface area contributed by atoms with E-state index in [-0.39, 0.29) is 17.5 Å². The first-order valence-corrected chi connectivity index (χ1v) is 8.08. The number of aromatic amines is 1. The van der Waals surface area contributed by atoms with Gasteiger partial charge in [-0.2, -0.15) is 4.98 Å². The fourth-order valence-corrected chi connectivity index (χ4v) is 3.15. The van der Waals surface area contributed by atoms with E-state index in [0.29, 0.717) is 11.2 Å². The highest BCUT2D eigenvalue weighted by Crippen LogP contribution is 2.25. The van der Waals surface area contributed by atoms with Gasteiger partial charge in [0.25, 0.3) is 5.56 Å². The molecule has 7 heteroatoms. The number of nitrogen functional groups attached to an aromatic ring is 1. The van der Waals surface area contributed by atoms with Crippen LogP contribution in [0.4, 0.5) is 5.95 Å². The minimum absolute atomic E-state index is 0.0624. The quantitative estimate of drug-likeness (QED) is 0.587. The highest BCUT2D eigenvalue weighted by molar-refractivity contribution is 5.86. The molecule has 0 bridgehead atoms. The molecule has 4 heterocycles. The number of hydrogen-bond acceptors (Lipinski definition) is 5. The molecule has 7 nitrogen and oxygen atoms in total. The van der Waals surface area contributed by atoms with Gasteiger partial charge in [-0.1, -0.05) is 0 Å². The molecule has 0 spiro atoms. The van der Waals surface area contributed by atoms with Gasteiger partial charge in [0.15, 0.2) is 0 Å². The van der Waals surface area contributed by atoms with E-state index in [0.717, 1.165) is 27.7 Å². The highest BCUT2D eigenvalue weighted by Gasteiger charge is 2.17. The predicted molar refractivity (Wildman–Crippen MR) is 98.4 cm³/mol. The lowest BCUT2D eigenvalue weighted by atomic mass is 10.1. The fourth-order valence-electron chi connectivity index (χ4n) is 3.15. The van der Waals surface area contributed by atoms with Crippen molar-refractivity contribution >= 4 is 28.0 Å². The first-order valence-electron chi connectivity index (χ1n) is 8.08. The summed E-state index contributed by atoms with van der Waals surface area (Å²) in [5.74, 6) is 0.168. The second-order valence-corrected chi connectivity index (χ2v) is 6.37. The topological polar surface area (TPSA) is 102 Å². The second kappa shape index (κ2) is 5.41. The molecule has 0 unspecified atom stereocenters. The van der Waals surface area contributed by atoms with Gasteiger partial charge in [-0.3, -0.25) is 9.36 Å². The van der Waals surface area contributed by atoms with E-state index in [1.807, 2.05) is 45.2 Å². The predicted octanol–water partition coefficient (Wildman–Crippen LogP) is 2.81. The number of nitrogens with two attached hydrogens (primary N) is 1. The average Bonchev–Trinajstić information content (AvgIpc) is 3.01. The number of H-pyrrole nitrogens is 1. The molecule has 0 fully saturated rings. The van der Waals surface area contributed by atoms with Crippen molar-refractivity contribution in [3.8, 4) is 11.1 Å². The Morgan fingerprint density at radius 2 is 2.04 bits per heavy atom. The summed E-state index contributed by atoms with van der Waals surface area (Å²) in [6.45, 7) is 5.77. The van der Waals surface area contributed by atoms with Gasteiger partial charge in [0, 0.05) is 40.3 Å². The number of pyridine rings is 2. The largest absolute Gasteiger partial charge is 0.368 e. The zero-order valence-corrected chi connectivity index (χ0v) is 14.2. The van der Waals surface area contributed by atoms with E-state index in [1.54, 1.807) is 10.8 Å². The first kappa shape index (κ1) is 15.3. The summed E-state index contributed by atoms with van der Waals surface area (Å²) < 4.78 is 1.66. The van der Waals surface area contributed by atoms with E-state index in [2.05, 4.69) is 19.9 Å². The second-order valence-electron chi connectivity index (χ2n) is 6.37. The maximum Gasteiger partial charge on any atom is 0.260 e. The highest BCUT2D eigenvalue weighted by atomic mass is 16.1. The molecule has 0 radical (unpaired) electrons. The molecule has 0 saturated carbocycles. The van der Waals surface area contributed by atoms with Crippen LogP contribution in [0.15, 0.2) is 35.4 Å². The van der Waals surface area contributed by atoms with E-state index in [9.17, 15) is 4.79 Å². The van der Waals surface area contributed by atoms with Crippen LogP contribution in [0.5, 0.6) is 0 Å². The summed E-state index contributed by atoms with van der Waals surface area (Å²) in [7, 11) is 0. The summed E-state index contributed by atoms with van der Waals surface area (Å²) in [5, 5.41) is 1.77. The summed E-state index contributed by atoms with van der Waals surface area (Å²) in [5.41, 5.74) is 9.12. The average molecular weight is 334 g/mol. The summed E-state index contributed by atoms with van der Waals surface area (Å²) >= 11 is 0. The minimum atomic E-state index is -0.114.